The van der Waals surface area contributed by atoms with Crippen molar-refractivity contribution < 1.29 is 4.79 Å². The minimum absolute atomic E-state index is 0.274. The number of rotatable bonds is 5. The third-order valence-electron chi connectivity index (χ3n) is 3.96. The lowest BCUT2D eigenvalue weighted by molar-refractivity contribution is 0.102. The Morgan fingerprint density at radius 1 is 1.07 bits per heavy atom. The summed E-state index contributed by atoms with van der Waals surface area (Å²) in [4.78, 5) is 25.3. The van der Waals surface area contributed by atoms with E-state index in [1.807, 2.05) is 45.0 Å². The number of aryl methyl sites for hydroxylation is 3. The van der Waals surface area contributed by atoms with Crippen molar-refractivity contribution in [3.05, 3.63) is 75.8 Å². The maximum absolute atomic E-state index is 12.7. The molecule has 1 aromatic carbocycles. The van der Waals surface area contributed by atoms with E-state index in [4.69, 9.17) is 11.6 Å². The van der Waals surface area contributed by atoms with Crippen LogP contribution >= 0.6 is 11.6 Å². The van der Waals surface area contributed by atoms with Crippen molar-refractivity contribution in [3.8, 4) is 0 Å². The van der Waals surface area contributed by atoms with Crippen LogP contribution in [0.25, 0.3) is 0 Å². The van der Waals surface area contributed by atoms with E-state index in [1.54, 1.807) is 18.5 Å². The van der Waals surface area contributed by atoms with E-state index in [1.165, 1.54) is 0 Å². The van der Waals surface area contributed by atoms with Crippen LogP contribution in [0.5, 0.6) is 0 Å². The fourth-order valence-corrected chi connectivity index (χ4v) is 3.07. The Hall–Kier alpha value is -2.99. The Balaban J connectivity index is 1.78. The zero-order valence-corrected chi connectivity index (χ0v) is 16.1. The Morgan fingerprint density at radius 3 is 2.52 bits per heavy atom. The number of halogens is 1. The third kappa shape index (κ3) is 4.80. The molecule has 27 heavy (non-hydrogen) atoms. The van der Waals surface area contributed by atoms with Crippen LogP contribution < -0.4 is 10.6 Å². The number of amides is 1. The van der Waals surface area contributed by atoms with Gasteiger partial charge in [-0.3, -0.25) is 9.78 Å². The number of carbonyl (C=O) groups excluding carboxylic acids is 1. The predicted molar refractivity (Wildman–Crippen MR) is 107 cm³/mol. The number of nitrogens with zero attached hydrogens (tertiary/aromatic N) is 3. The second-order valence-corrected chi connectivity index (χ2v) is 6.73. The molecule has 0 aliphatic rings. The average Bonchev–Trinajstić information content (AvgIpc) is 2.63. The molecule has 2 heterocycles. The number of benzene rings is 1. The lowest BCUT2D eigenvalue weighted by Crippen LogP contribution is -2.17. The number of anilines is 2. The maximum atomic E-state index is 12.7. The highest BCUT2D eigenvalue weighted by Crippen LogP contribution is 2.27. The van der Waals surface area contributed by atoms with Gasteiger partial charge in [0.2, 0.25) is 5.95 Å². The van der Waals surface area contributed by atoms with Crippen molar-refractivity contribution in [2.75, 3.05) is 10.6 Å². The molecule has 0 spiro atoms. The minimum atomic E-state index is -0.332. The summed E-state index contributed by atoms with van der Waals surface area (Å²) in [7, 11) is 0. The second-order valence-electron chi connectivity index (χ2n) is 6.32. The standard InChI is InChI=1S/C20H20ClN5O/c1-12-8-13(2)18(16(21)9-12)26-19(27)17-10-14(3)24-20(25-17)23-11-15-4-6-22-7-5-15/h4-10H,11H2,1-3H3,(H,26,27)(H,23,24,25). The summed E-state index contributed by atoms with van der Waals surface area (Å²) in [6.45, 7) is 6.22. The van der Waals surface area contributed by atoms with Gasteiger partial charge in [-0.15, -0.1) is 0 Å². The van der Waals surface area contributed by atoms with Gasteiger partial charge >= 0.3 is 0 Å². The van der Waals surface area contributed by atoms with Crippen LogP contribution in [0.3, 0.4) is 0 Å². The van der Waals surface area contributed by atoms with Crippen molar-refractivity contribution in [3.63, 3.8) is 0 Å². The van der Waals surface area contributed by atoms with E-state index in [-0.39, 0.29) is 11.6 Å². The number of nitrogens with one attached hydrogen (secondary N) is 2. The van der Waals surface area contributed by atoms with Gasteiger partial charge in [0.1, 0.15) is 5.69 Å². The van der Waals surface area contributed by atoms with Crippen molar-refractivity contribution >= 4 is 29.1 Å². The molecule has 0 saturated carbocycles. The van der Waals surface area contributed by atoms with Gasteiger partial charge < -0.3 is 10.6 Å². The van der Waals surface area contributed by atoms with Crippen LogP contribution in [0.15, 0.2) is 42.7 Å². The Kier molecular flexibility index (Phi) is 5.66. The first-order valence-electron chi connectivity index (χ1n) is 8.49. The van der Waals surface area contributed by atoms with Crippen LogP contribution in [-0.2, 0) is 6.54 Å². The molecular formula is C20H20ClN5O. The van der Waals surface area contributed by atoms with Crippen molar-refractivity contribution in [1.82, 2.24) is 15.0 Å². The van der Waals surface area contributed by atoms with Crippen LogP contribution in [0.2, 0.25) is 5.02 Å². The van der Waals surface area contributed by atoms with Gasteiger partial charge in [0.05, 0.1) is 10.7 Å². The molecule has 0 saturated heterocycles. The summed E-state index contributed by atoms with van der Waals surface area (Å²) in [5.41, 5.74) is 4.54. The topological polar surface area (TPSA) is 79.8 Å². The minimum Gasteiger partial charge on any atom is -0.350 e. The van der Waals surface area contributed by atoms with Crippen molar-refractivity contribution in [2.24, 2.45) is 0 Å². The van der Waals surface area contributed by atoms with Gasteiger partial charge in [0, 0.05) is 24.6 Å². The van der Waals surface area contributed by atoms with E-state index in [0.717, 1.165) is 16.7 Å². The summed E-state index contributed by atoms with van der Waals surface area (Å²) in [5.74, 6) is 0.0602. The molecule has 3 aromatic rings. The molecule has 6 nitrogen and oxygen atoms in total. The third-order valence-corrected chi connectivity index (χ3v) is 4.26. The van der Waals surface area contributed by atoms with Crippen molar-refractivity contribution in [2.45, 2.75) is 27.3 Å². The van der Waals surface area contributed by atoms with Gasteiger partial charge in [0.15, 0.2) is 0 Å². The van der Waals surface area contributed by atoms with Crippen molar-refractivity contribution in [1.29, 1.82) is 0 Å². The summed E-state index contributed by atoms with van der Waals surface area (Å²) in [6.07, 6.45) is 3.45. The lowest BCUT2D eigenvalue weighted by Gasteiger charge is -2.12. The molecule has 1 amide bonds. The van der Waals surface area contributed by atoms with E-state index < -0.39 is 0 Å². The Morgan fingerprint density at radius 2 is 1.81 bits per heavy atom. The smallest absolute Gasteiger partial charge is 0.274 e. The number of carbonyl (C=O) groups is 1. The van der Waals surface area contributed by atoms with Gasteiger partial charge in [-0.1, -0.05) is 17.7 Å². The molecule has 0 atom stereocenters. The number of pyridine rings is 1. The first-order valence-corrected chi connectivity index (χ1v) is 8.87. The van der Waals surface area contributed by atoms with Gasteiger partial charge in [-0.05, 0) is 61.7 Å². The van der Waals surface area contributed by atoms with Crippen LogP contribution in [-0.4, -0.2) is 20.9 Å². The molecule has 0 aliphatic heterocycles. The summed E-state index contributed by atoms with van der Waals surface area (Å²) < 4.78 is 0. The molecule has 0 unspecified atom stereocenters. The first kappa shape index (κ1) is 18.8. The largest absolute Gasteiger partial charge is 0.350 e. The predicted octanol–water partition coefficient (Wildman–Crippen LogP) is 4.31. The number of hydrogen-bond acceptors (Lipinski definition) is 5. The average molecular weight is 382 g/mol. The molecule has 0 fully saturated rings. The number of hydrogen-bond donors (Lipinski definition) is 2. The monoisotopic (exact) mass is 381 g/mol. The highest BCUT2D eigenvalue weighted by Gasteiger charge is 2.14. The molecule has 2 aromatic heterocycles. The molecule has 0 bridgehead atoms. The summed E-state index contributed by atoms with van der Waals surface area (Å²) in [5, 5.41) is 6.49. The zero-order valence-electron chi connectivity index (χ0n) is 15.4. The molecular weight excluding hydrogens is 362 g/mol. The zero-order chi connectivity index (χ0) is 19.4. The highest BCUT2D eigenvalue weighted by molar-refractivity contribution is 6.34. The van der Waals surface area contributed by atoms with E-state index in [2.05, 4.69) is 25.6 Å². The Bertz CT molecular complexity index is 952. The quantitative estimate of drug-likeness (QED) is 0.688. The van der Waals surface area contributed by atoms with E-state index in [9.17, 15) is 4.79 Å². The second kappa shape index (κ2) is 8.14. The molecule has 7 heteroatoms. The number of aromatic nitrogens is 3. The normalized spacial score (nSPS) is 10.5. The van der Waals surface area contributed by atoms with Crippen LogP contribution in [0, 0.1) is 20.8 Å². The van der Waals surface area contributed by atoms with Crippen LogP contribution in [0.1, 0.15) is 32.9 Å². The molecule has 138 valence electrons. The molecule has 3 rings (SSSR count). The first-order chi connectivity index (χ1) is 12.9. The van der Waals surface area contributed by atoms with E-state index in [0.29, 0.717) is 28.9 Å². The SMILES string of the molecule is Cc1cc(C)c(NC(=O)c2cc(C)nc(NCc3ccncc3)n2)c(Cl)c1. The molecule has 0 aliphatic carbocycles. The van der Waals surface area contributed by atoms with Gasteiger partial charge in [-0.2, -0.15) is 0 Å². The van der Waals surface area contributed by atoms with E-state index >= 15 is 0 Å². The fourth-order valence-electron chi connectivity index (χ4n) is 2.70. The van der Waals surface area contributed by atoms with Gasteiger partial charge in [-0.25, -0.2) is 9.97 Å². The summed E-state index contributed by atoms with van der Waals surface area (Å²) in [6, 6.07) is 9.23. The molecule has 2 N–H and O–H groups in total. The summed E-state index contributed by atoms with van der Waals surface area (Å²) >= 11 is 6.28. The lowest BCUT2D eigenvalue weighted by atomic mass is 10.1. The highest BCUT2D eigenvalue weighted by atomic mass is 35.5. The van der Waals surface area contributed by atoms with Crippen LogP contribution in [0.4, 0.5) is 11.6 Å². The Labute approximate surface area is 163 Å². The maximum Gasteiger partial charge on any atom is 0.274 e. The fraction of sp³-hybridized carbons (Fsp3) is 0.200. The molecule has 0 radical (unpaired) electrons. The van der Waals surface area contributed by atoms with Gasteiger partial charge in [0.25, 0.3) is 5.91 Å².